The van der Waals surface area contributed by atoms with E-state index >= 15 is 0 Å². The van der Waals surface area contributed by atoms with Crippen molar-refractivity contribution in [3.05, 3.63) is 41.1 Å². The van der Waals surface area contributed by atoms with Crippen molar-refractivity contribution in [2.24, 2.45) is 12.2 Å². The van der Waals surface area contributed by atoms with Gasteiger partial charge in [-0.2, -0.15) is 0 Å². The molecule has 2 aliphatic rings. The molecule has 1 aromatic heterocycles. The molecule has 33 heavy (non-hydrogen) atoms. The van der Waals surface area contributed by atoms with Gasteiger partial charge in [-0.3, -0.25) is 14.5 Å². The Hall–Kier alpha value is -3.59. The highest BCUT2D eigenvalue weighted by Crippen LogP contribution is 2.41. The Balaban J connectivity index is 1.48. The second kappa shape index (κ2) is 9.11. The number of fused-ring (bicyclic) bond motifs is 1. The quantitative estimate of drug-likeness (QED) is 0.130. The van der Waals surface area contributed by atoms with E-state index in [1.807, 2.05) is 0 Å². The molecule has 172 valence electrons. The average Bonchev–Trinajstić information content (AvgIpc) is 3.21. The zero-order chi connectivity index (χ0) is 23.7. The number of oxime groups is 1. The topological polar surface area (TPSA) is 183 Å². The van der Waals surface area contributed by atoms with Crippen molar-refractivity contribution in [1.82, 2.24) is 30.4 Å². The number of phenols is 1. The van der Waals surface area contributed by atoms with Crippen LogP contribution >= 0.6 is 23.5 Å². The van der Waals surface area contributed by atoms with E-state index in [1.165, 1.54) is 52.5 Å². The fourth-order valence-electron chi connectivity index (χ4n) is 3.35. The number of aromatic hydroxyl groups is 1. The molecule has 0 saturated carbocycles. The normalized spacial score (nSPS) is 20.3. The van der Waals surface area contributed by atoms with Crippen LogP contribution in [0.25, 0.3) is 0 Å². The Labute approximate surface area is 194 Å². The first-order chi connectivity index (χ1) is 15.8. The smallest absolute Gasteiger partial charge is 0.352 e. The summed E-state index contributed by atoms with van der Waals surface area (Å²) in [6.07, 6.45) is 0. The summed E-state index contributed by atoms with van der Waals surface area (Å²) in [4.78, 5) is 38.5. The van der Waals surface area contributed by atoms with Gasteiger partial charge in [-0.25, -0.2) is 9.48 Å². The van der Waals surface area contributed by atoms with Crippen LogP contribution in [0.5, 0.6) is 5.75 Å². The maximum Gasteiger partial charge on any atom is 0.352 e. The van der Waals surface area contributed by atoms with Gasteiger partial charge in [0.05, 0.1) is 0 Å². The van der Waals surface area contributed by atoms with Crippen molar-refractivity contribution >= 4 is 47.0 Å². The molecule has 2 aromatic rings. The van der Waals surface area contributed by atoms with Crippen LogP contribution in [-0.2, 0) is 21.4 Å². The van der Waals surface area contributed by atoms with Crippen LogP contribution in [-0.4, -0.2) is 86.9 Å². The standard InChI is InChI=1S/C18H17N7O6S2/c1-24-18(20-22-23-24)33-7-9-6-32-16-12(15(28)25(16)13(9)17(29)30)19-14(27)11(21-31)8-2-4-10(26)5-3-8/h2-5,12,16,26,31H,6-7H2,1H3,(H,19,27)(H,29,30)/t12?,16-/m0/s1. The summed E-state index contributed by atoms with van der Waals surface area (Å²) in [6.45, 7) is 0. The van der Waals surface area contributed by atoms with Crippen molar-refractivity contribution in [1.29, 1.82) is 0 Å². The molecule has 3 heterocycles. The number of rotatable bonds is 7. The van der Waals surface area contributed by atoms with Crippen molar-refractivity contribution in [2.45, 2.75) is 16.6 Å². The number of hydrogen-bond donors (Lipinski definition) is 4. The summed E-state index contributed by atoms with van der Waals surface area (Å²) in [5.74, 6) is -2.05. The number of carbonyl (C=O) groups is 3. The first-order valence-electron chi connectivity index (χ1n) is 9.39. The third kappa shape index (κ3) is 4.23. The minimum absolute atomic E-state index is 0.0303. The monoisotopic (exact) mass is 491 g/mol. The number of aryl methyl sites for hydroxylation is 1. The largest absolute Gasteiger partial charge is 0.508 e. The number of tetrazole rings is 1. The number of hydrogen-bond acceptors (Lipinski definition) is 11. The van der Waals surface area contributed by atoms with Crippen LogP contribution in [0.1, 0.15) is 5.56 Å². The van der Waals surface area contributed by atoms with Gasteiger partial charge in [0.1, 0.15) is 22.9 Å². The van der Waals surface area contributed by atoms with Crippen LogP contribution in [0.15, 0.2) is 45.8 Å². The summed E-state index contributed by atoms with van der Waals surface area (Å²) in [7, 11) is 1.66. The zero-order valence-electron chi connectivity index (χ0n) is 16.9. The minimum atomic E-state index is -1.24. The fourth-order valence-corrected chi connectivity index (χ4v) is 5.69. The first-order valence-corrected chi connectivity index (χ1v) is 11.4. The molecular weight excluding hydrogens is 474 g/mol. The highest BCUT2D eigenvalue weighted by atomic mass is 32.2. The molecule has 4 N–H and O–H groups in total. The summed E-state index contributed by atoms with van der Waals surface area (Å²) in [5, 5.41) is 44.9. The maximum atomic E-state index is 12.8. The lowest BCUT2D eigenvalue weighted by atomic mass is 10.0. The van der Waals surface area contributed by atoms with Crippen LogP contribution in [0.4, 0.5) is 0 Å². The molecule has 1 saturated heterocycles. The highest BCUT2D eigenvalue weighted by molar-refractivity contribution is 8.01. The molecule has 13 nitrogen and oxygen atoms in total. The average molecular weight is 492 g/mol. The Morgan fingerprint density at radius 1 is 1.33 bits per heavy atom. The predicted molar refractivity (Wildman–Crippen MR) is 116 cm³/mol. The van der Waals surface area contributed by atoms with Crippen LogP contribution < -0.4 is 5.32 Å². The molecule has 0 radical (unpaired) electrons. The third-order valence-corrected chi connectivity index (χ3v) is 7.39. The van der Waals surface area contributed by atoms with E-state index in [1.54, 1.807) is 7.05 Å². The van der Waals surface area contributed by atoms with Crippen molar-refractivity contribution in [2.75, 3.05) is 11.5 Å². The van der Waals surface area contributed by atoms with E-state index in [0.717, 1.165) is 4.90 Å². The van der Waals surface area contributed by atoms with E-state index in [0.29, 0.717) is 16.5 Å². The molecule has 2 atom stereocenters. The summed E-state index contributed by atoms with van der Waals surface area (Å²) < 4.78 is 1.46. The molecule has 4 rings (SSSR count). The first kappa shape index (κ1) is 22.6. The molecule has 1 aromatic carbocycles. The maximum absolute atomic E-state index is 12.8. The zero-order valence-corrected chi connectivity index (χ0v) is 18.6. The van der Waals surface area contributed by atoms with Gasteiger partial charge in [0, 0.05) is 24.1 Å². The lowest BCUT2D eigenvalue weighted by Gasteiger charge is -2.49. The number of aromatic nitrogens is 4. The predicted octanol–water partition coefficient (Wildman–Crippen LogP) is -0.375. The molecule has 0 bridgehead atoms. The molecule has 2 aliphatic heterocycles. The van der Waals surface area contributed by atoms with Gasteiger partial charge in [-0.1, -0.05) is 16.9 Å². The molecule has 15 heteroatoms. The summed E-state index contributed by atoms with van der Waals surface area (Å²) in [5.41, 5.74) is 0.310. The Morgan fingerprint density at radius 2 is 2.06 bits per heavy atom. The number of carbonyl (C=O) groups excluding carboxylic acids is 2. The van der Waals surface area contributed by atoms with Crippen molar-refractivity contribution in [3.8, 4) is 5.75 Å². The third-order valence-electron chi connectivity index (χ3n) is 4.95. The highest BCUT2D eigenvalue weighted by Gasteiger charge is 2.54. The van der Waals surface area contributed by atoms with Gasteiger partial charge in [-0.05, 0) is 40.3 Å². The van der Waals surface area contributed by atoms with Crippen LogP contribution in [0.2, 0.25) is 0 Å². The van der Waals surface area contributed by atoms with E-state index in [9.17, 15) is 29.8 Å². The second-order valence-electron chi connectivity index (χ2n) is 6.99. The van der Waals surface area contributed by atoms with E-state index in [-0.39, 0.29) is 28.5 Å². The lowest BCUT2D eigenvalue weighted by molar-refractivity contribution is -0.150. The Bertz CT molecular complexity index is 1180. The molecule has 2 amide bonds. The van der Waals surface area contributed by atoms with Crippen LogP contribution in [0, 0.1) is 0 Å². The number of amides is 2. The van der Waals surface area contributed by atoms with Gasteiger partial charge >= 0.3 is 5.97 Å². The summed E-state index contributed by atoms with van der Waals surface area (Å²) >= 11 is 2.57. The van der Waals surface area contributed by atoms with Gasteiger partial charge in [-0.15, -0.1) is 16.9 Å². The second-order valence-corrected chi connectivity index (χ2v) is 9.03. The number of nitrogens with one attached hydrogen (secondary N) is 1. The van der Waals surface area contributed by atoms with Gasteiger partial charge in [0.2, 0.25) is 5.16 Å². The Morgan fingerprint density at radius 3 is 2.67 bits per heavy atom. The molecule has 0 aliphatic carbocycles. The SMILES string of the molecule is Cn1nnnc1SCC1=C(C(=O)O)N2C(=O)C(NC(=O)C(=NO)c3ccc(O)cc3)[C@@H]2SC1. The number of nitrogens with zero attached hydrogens (tertiary/aromatic N) is 6. The fraction of sp³-hybridized carbons (Fsp3) is 0.278. The van der Waals surface area contributed by atoms with E-state index in [4.69, 9.17) is 0 Å². The number of aliphatic carboxylic acids is 1. The van der Waals surface area contributed by atoms with E-state index in [2.05, 4.69) is 26.0 Å². The number of carboxylic acid groups (broad SMARTS) is 1. The molecule has 1 unspecified atom stereocenters. The number of phenolic OH excluding ortho intramolecular Hbond substituents is 1. The van der Waals surface area contributed by atoms with Crippen LogP contribution in [0.3, 0.4) is 0 Å². The lowest BCUT2D eigenvalue weighted by Crippen LogP contribution is -2.71. The number of β-lactam (4-membered cyclic amide) rings is 1. The van der Waals surface area contributed by atoms with Gasteiger partial charge < -0.3 is 20.7 Å². The minimum Gasteiger partial charge on any atom is -0.508 e. The molecular formula is C18H17N7O6S2. The number of carboxylic acids is 1. The molecule has 0 spiro atoms. The Kier molecular flexibility index (Phi) is 6.24. The van der Waals surface area contributed by atoms with Crippen molar-refractivity contribution in [3.63, 3.8) is 0 Å². The molecule has 1 fully saturated rings. The van der Waals surface area contributed by atoms with E-state index < -0.39 is 29.2 Å². The summed E-state index contributed by atoms with van der Waals surface area (Å²) in [6, 6.07) is 4.43. The number of benzene rings is 1. The van der Waals surface area contributed by atoms with Crippen molar-refractivity contribution < 1.29 is 29.8 Å². The van der Waals surface area contributed by atoms with Gasteiger partial charge in [0.15, 0.2) is 5.71 Å². The van der Waals surface area contributed by atoms with Gasteiger partial charge in [0.25, 0.3) is 11.8 Å². The number of thioether (sulfide) groups is 2.